The van der Waals surface area contributed by atoms with Gasteiger partial charge >= 0.3 is 0 Å². The van der Waals surface area contributed by atoms with E-state index in [1.807, 2.05) is 40.2 Å². The molecule has 1 spiro atoms. The fraction of sp³-hybridized carbons (Fsp3) is 0.417. The first-order chi connectivity index (χ1) is 15.7. The predicted molar refractivity (Wildman–Crippen MR) is 118 cm³/mol. The first-order valence-corrected chi connectivity index (χ1v) is 11.1. The van der Waals surface area contributed by atoms with Gasteiger partial charge in [-0.2, -0.15) is 5.10 Å². The Morgan fingerprint density at radius 1 is 1.09 bits per heavy atom. The summed E-state index contributed by atoms with van der Waals surface area (Å²) in [4.78, 5) is 26.6. The van der Waals surface area contributed by atoms with Crippen molar-refractivity contribution in [2.45, 2.75) is 38.1 Å². The van der Waals surface area contributed by atoms with Crippen molar-refractivity contribution in [3.05, 3.63) is 78.1 Å². The Morgan fingerprint density at radius 3 is 2.72 bits per heavy atom. The number of carbonyl (C=O) groups excluding carboxylic acids is 1. The Balaban J connectivity index is 1.43. The van der Waals surface area contributed by atoms with E-state index in [2.05, 4.69) is 39.2 Å². The lowest BCUT2D eigenvalue weighted by atomic mass is 9.83. The topological polar surface area (TPSA) is 76.4 Å². The summed E-state index contributed by atoms with van der Waals surface area (Å²) in [6.07, 6.45) is 11.1. The van der Waals surface area contributed by atoms with Crippen LogP contribution in [0.5, 0.6) is 0 Å². The van der Waals surface area contributed by atoms with Gasteiger partial charge in [-0.05, 0) is 36.2 Å². The summed E-state index contributed by atoms with van der Waals surface area (Å²) in [5.74, 6) is -0.0219. The lowest BCUT2D eigenvalue weighted by Crippen LogP contribution is -2.59. The van der Waals surface area contributed by atoms with E-state index >= 15 is 0 Å². The number of ether oxygens (including phenoxy) is 1. The molecule has 3 aromatic rings. The predicted octanol–water partition coefficient (Wildman–Crippen LogP) is 2.09. The monoisotopic (exact) mass is 432 g/mol. The van der Waals surface area contributed by atoms with Gasteiger partial charge in [0, 0.05) is 81.7 Å². The van der Waals surface area contributed by atoms with E-state index in [0.717, 1.165) is 36.3 Å². The summed E-state index contributed by atoms with van der Waals surface area (Å²) in [6, 6.07) is 7.90. The molecule has 8 heteroatoms. The molecule has 2 fully saturated rings. The van der Waals surface area contributed by atoms with Crippen LogP contribution in [0, 0.1) is 0 Å². The van der Waals surface area contributed by atoms with Gasteiger partial charge in [-0.25, -0.2) is 0 Å². The van der Waals surface area contributed by atoms with Gasteiger partial charge in [0.15, 0.2) is 5.60 Å². The van der Waals surface area contributed by atoms with Gasteiger partial charge in [0.25, 0.3) is 5.91 Å². The molecule has 166 valence electrons. The quantitative estimate of drug-likeness (QED) is 0.594. The van der Waals surface area contributed by atoms with Gasteiger partial charge in [-0.1, -0.05) is 6.07 Å². The van der Waals surface area contributed by atoms with E-state index in [0.29, 0.717) is 26.2 Å². The molecule has 0 saturated carbocycles. The van der Waals surface area contributed by atoms with E-state index in [-0.39, 0.29) is 11.8 Å². The second kappa shape index (κ2) is 8.80. The minimum atomic E-state index is -0.908. The van der Waals surface area contributed by atoms with Gasteiger partial charge < -0.3 is 9.64 Å². The van der Waals surface area contributed by atoms with E-state index in [4.69, 9.17) is 4.74 Å². The Kier molecular flexibility index (Phi) is 5.71. The fourth-order valence-electron chi connectivity index (χ4n) is 4.90. The highest BCUT2D eigenvalue weighted by atomic mass is 16.5. The van der Waals surface area contributed by atoms with Crippen molar-refractivity contribution in [2.24, 2.45) is 0 Å². The normalized spacial score (nSPS) is 23.8. The molecule has 5 rings (SSSR count). The fourth-order valence-corrected chi connectivity index (χ4v) is 4.90. The molecule has 0 N–H and O–H groups in total. The SMILES string of the molecule is CCn1cc(CN2C[C@H](c3cccnc3)[C@]3(C2)OCCN(Cc2ccncc2)C3=O)cn1. The minimum absolute atomic E-state index is 0.0566. The van der Waals surface area contributed by atoms with Crippen molar-refractivity contribution in [3.63, 3.8) is 0 Å². The van der Waals surface area contributed by atoms with Crippen LogP contribution in [0.1, 0.15) is 29.5 Å². The van der Waals surface area contributed by atoms with Crippen molar-refractivity contribution in [1.82, 2.24) is 29.5 Å². The van der Waals surface area contributed by atoms with Gasteiger partial charge in [0.2, 0.25) is 0 Å². The molecule has 2 aliphatic rings. The van der Waals surface area contributed by atoms with Crippen LogP contribution in [0.15, 0.2) is 61.4 Å². The van der Waals surface area contributed by atoms with Gasteiger partial charge in [0.05, 0.1) is 12.8 Å². The lowest BCUT2D eigenvalue weighted by molar-refractivity contribution is -0.173. The third-order valence-electron chi connectivity index (χ3n) is 6.46. The summed E-state index contributed by atoms with van der Waals surface area (Å²) >= 11 is 0. The Bertz CT molecular complexity index is 1060. The molecular formula is C24H28N6O2. The zero-order valence-corrected chi connectivity index (χ0v) is 18.3. The first kappa shape index (κ1) is 20.8. The Hall–Kier alpha value is -3.10. The van der Waals surface area contributed by atoms with Crippen molar-refractivity contribution >= 4 is 5.91 Å². The van der Waals surface area contributed by atoms with Crippen LogP contribution in [-0.2, 0) is 29.2 Å². The molecule has 2 atom stereocenters. The highest BCUT2D eigenvalue weighted by molar-refractivity contribution is 5.88. The highest BCUT2D eigenvalue weighted by Gasteiger charge is 2.57. The highest BCUT2D eigenvalue weighted by Crippen LogP contribution is 2.42. The standard InChI is InChI=1S/C24H28N6O2/c1-2-30-16-20(12-27-30)14-28-17-22(21-4-3-7-26-13-21)24(18-28)23(31)29(10-11-32-24)15-19-5-8-25-9-6-19/h3-9,12-13,16,22H,2,10-11,14-15,17-18H2,1H3/t22-,24+/m1/s1. The van der Waals surface area contributed by atoms with Crippen LogP contribution < -0.4 is 0 Å². The summed E-state index contributed by atoms with van der Waals surface area (Å²) < 4.78 is 8.30. The van der Waals surface area contributed by atoms with Crippen LogP contribution >= 0.6 is 0 Å². The number of pyridine rings is 2. The average Bonchev–Trinajstić information content (AvgIpc) is 3.43. The molecule has 3 aromatic heterocycles. The summed E-state index contributed by atoms with van der Waals surface area (Å²) in [5.41, 5.74) is 2.35. The summed E-state index contributed by atoms with van der Waals surface area (Å²) in [7, 11) is 0. The Morgan fingerprint density at radius 2 is 1.97 bits per heavy atom. The van der Waals surface area contributed by atoms with Crippen LogP contribution in [0.2, 0.25) is 0 Å². The molecule has 1 amide bonds. The molecule has 0 bridgehead atoms. The smallest absolute Gasteiger partial charge is 0.257 e. The van der Waals surface area contributed by atoms with E-state index in [1.165, 1.54) is 0 Å². The van der Waals surface area contributed by atoms with Gasteiger partial charge in [0.1, 0.15) is 0 Å². The molecule has 0 radical (unpaired) electrons. The molecule has 8 nitrogen and oxygen atoms in total. The maximum atomic E-state index is 13.9. The third-order valence-corrected chi connectivity index (χ3v) is 6.46. The van der Waals surface area contributed by atoms with Crippen LogP contribution in [0.3, 0.4) is 0 Å². The number of aryl methyl sites for hydroxylation is 1. The summed E-state index contributed by atoms with van der Waals surface area (Å²) in [5, 5.41) is 4.40. The molecular weight excluding hydrogens is 404 g/mol. The molecule has 0 aliphatic carbocycles. The van der Waals surface area contributed by atoms with Crippen molar-refractivity contribution in [3.8, 4) is 0 Å². The zero-order chi connectivity index (χ0) is 22.0. The number of amides is 1. The van der Waals surface area contributed by atoms with Gasteiger partial charge in [-0.15, -0.1) is 0 Å². The van der Waals surface area contributed by atoms with Crippen molar-refractivity contribution < 1.29 is 9.53 Å². The maximum Gasteiger partial charge on any atom is 0.257 e. The maximum absolute atomic E-state index is 13.9. The molecule has 0 aromatic carbocycles. The molecule has 2 aliphatic heterocycles. The molecule has 0 unspecified atom stereocenters. The van der Waals surface area contributed by atoms with E-state index in [1.54, 1.807) is 18.6 Å². The van der Waals surface area contributed by atoms with Gasteiger partial charge in [-0.3, -0.25) is 24.3 Å². The number of nitrogens with zero attached hydrogens (tertiary/aromatic N) is 6. The number of rotatable bonds is 6. The number of hydrogen-bond donors (Lipinski definition) is 0. The number of carbonyl (C=O) groups is 1. The van der Waals surface area contributed by atoms with Crippen LogP contribution in [0.4, 0.5) is 0 Å². The minimum Gasteiger partial charge on any atom is -0.361 e. The Labute approximate surface area is 187 Å². The van der Waals surface area contributed by atoms with Crippen LogP contribution in [0.25, 0.3) is 0 Å². The van der Waals surface area contributed by atoms with E-state index < -0.39 is 5.60 Å². The third kappa shape index (κ3) is 3.91. The zero-order valence-electron chi connectivity index (χ0n) is 18.3. The molecule has 2 saturated heterocycles. The number of aromatic nitrogens is 4. The van der Waals surface area contributed by atoms with E-state index in [9.17, 15) is 4.79 Å². The first-order valence-electron chi connectivity index (χ1n) is 11.1. The number of likely N-dealkylation sites (tertiary alicyclic amines) is 1. The second-order valence-electron chi connectivity index (χ2n) is 8.53. The molecule has 5 heterocycles. The lowest BCUT2D eigenvalue weighted by Gasteiger charge is -2.42. The number of morpholine rings is 1. The average molecular weight is 433 g/mol. The second-order valence-corrected chi connectivity index (χ2v) is 8.53. The largest absolute Gasteiger partial charge is 0.361 e. The summed E-state index contributed by atoms with van der Waals surface area (Å²) in [6.45, 7) is 6.61. The van der Waals surface area contributed by atoms with Crippen LogP contribution in [-0.4, -0.2) is 67.3 Å². The number of hydrogen-bond acceptors (Lipinski definition) is 6. The molecule has 32 heavy (non-hydrogen) atoms. The van der Waals surface area contributed by atoms with Crippen molar-refractivity contribution in [2.75, 3.05) is 26.2 Å². The van der Waals surface area contributed by atoms with Crippen molar-refractivity contribution in [1.29, 1.82) is 0 Å².